The van der Waals surface area contributed by atoms with E-state index in [0.717, 1.165) is 11.0 Å². The molecule has 1 aromatic rings. The molecule has 1 atom stereocenters. The molecular formula is C11H17BrN2. The van der Waals surface area contributed by atoms with Crippen molar-refractivity contribution >= 4 is 15.9 Å². The number of benzene rings is 1. The number of nitrogens with one attached hydrogen (secondary N) is 1. The van der Waals surface area contributed by atoms with Crippen LogP contribution in [0.5, 0.6) is 0 Å². The lowest BCUT2D eigenvalue weighted by molar-refractivity contribution is 0.294. The smallest absolute Gasteiger partial charge is 0.0466 e. The van der Waals surface area contributed by atoms with Crippen LogP contribution in [0.3, 0.4) is 0 Å². The first-order chi connectivity index (χ1) is 6.65. The minimum atomic E-state index is 0.438. The lowest BCUT2D eigenvalue weighted by Crippen LogP contribution is -2.29. The number of halogens is 1. The summed E-state index contributed by atoms with van der Waals surface area (Å²) in [5, 5.41) is 3.21. The van der Waals surface area contributed by atoms with Crippen molar-refractivity contribution in [2.75, 3.05) is 27.7 Å². The van der Waals surface area contributed by atoms with Gasteiger partial charge in [0.25, 0.3) is 0 Å². The van der Waals surface area contributed by atoms with Gasteiger partial charge in [0.05, 0.1) is 0 Å². The fraction of sp³-hybridized carbons (Fsp3) is 0.455. The molecule has 0 saturated heterocycles. The Labute approximate surface area is 94.4 Å². The van der Waals surface area contributed by atoms with Crippen LogP contribution in [0, 0.1) is 0 Å². The maximum Gasteiger partial charge on any atom is 0.0466 e. The molecule has 1 unspecified atom stereocenters. The van der Waals surface area contributed by atoms with Crippen LogP contribution in [0.1, 0.15) is 11.6 Å². The lowest BCUT2D eigenvalue weighted by atomic mass is 10.1. The zero-order valence-electron chi connectivity index (χ0n) is 8.92. The molecule has 0 fully saturated rings. The molecule has 0 saturated carbocycles. The zero-order chi connectivity index (χ0) is 10.6. The topological polar surface area (TPSA) is 15.3 Å². The van der Waals surface area contributed by atoms with Crippen LogP contribution in [-0.4, -0.2) is 32.6 Å². The van der Waals surface area contributed by atoms with E-state index in [0.29, 0.717) is 6.04 Å². The molecule has 0 heterocycles. The highest BCUT2D eigenvalue weighted by Crippen LogP contribution is 2.19. The molecule has 1 aromatic carbocycles. The van der Waals surface area contributed by atoms with Crippen LogP contribution in [0.25, 0.3) is 0 Å². The molecule has 0 bridgehead atoms. The minimum absolute atomic E-state index is 0.438. The Morgan fingerprint density at radius 1 is 1.29 bits per heavy atom. The minimum Gasteiger partial charge on any atom is -0.318 e. The van der Waals surface area contributed by atoms with Gasteiger partial charge in [0, 0.05) is 17.1 Å². The number of likely N-dealkylation sites (N-methyl/N-ethyl adjacent to an activating group) is 2. The molecule has 14 heavy (non-hydrogen) atoms. The maximum absolute atomic E-state index is 3.44. The van der Waals surface area contributed by atoms with Gasteiger partial charge in [-0.2, -0.15) is 0 Å². The van der Waals surface area contributed by atoms with E-state index in [1.54, 1.807) is 0 Å². The third-order valence-electron chi connectivity index (χ3n) is 2.28. The van der Waals surface area contributed by atoms with E-state index in [-0.39, 0.29) is 0 Å². The molecule has 3 heteroatoms. The predicted octanol–water partition coefficient (Wildman–Crippen LogP) is 2.27. The van der Waals surface area contributed by atoms with Crippen molar-refractivity contribution in [2.45, 2.75) is 6.04 Å². The number of rotatable bonds is 4. The van der Waals surface area contributed by atoms with Gasteiger partial charge in [0.2, 0.25) is 0 Å². The van der Waals surface area contributed by atoms with Crippen LogP contribution in [0.15, 0.2) is 28.7 Å². The van der Waals surface area contributed by atoms with Gasteiger partial charge in [-0.15, -0.1) is 0 Å². The average molecular weight is 257 g/mol. The van der Waals surface area contributed by atoms with Crippen LogP contribution < -0.4 is 5.32 Å². The number of nitrogens with zero attached hydrogens (tertiary/aromatic N) is 1. The SMILES string of the molecule is CNCC(c1ccc(Br)cc1)N(C)C. The summed E-state index contributed by atoms with van der Waals surface area (Å²) < 4.78 is 1.13. The Morgan fingerprint density at radius 3 is 2.29 bits per heavy atom. The Morgan fingerprint density at radius 2 is 1.86 bits per heavy atom. The predicted molar refractivity (Wildman–Crippen MR) is 64.5 cm³/mol. The van der Waals surface area contributed by atoms with Crippen LogP contribution >= 0.6 is 15.9 Å². The first-order valence-electron chi connectivity index (χ1n) is 4.71. The monoisotopic (exact) mass is 256 g/mol. The molecule has 0 aliphatic rings. The van der Waals surface area contributed by atoms with E-state index in [2.05, 4.69) is 64.5 Å². The second kappa shape index (κ2) is 5.49. The number of hydrogen-bond donors (Lipinski definition) is 1. The average Bonchev–Trinajstić information content (AvgIpc) is 2.15. The molecule has 0 spiro atoms. The summed E-state index contributed by atoms with van der Waals surface area (Å²) in [7, 11) is 6.18. The van der Waals surface area contributed by atoms with Gasteiger partial charge in [-0.1, -0.05) is 28.1 Å². The quantitative estimate of drug-likeness (QED) is 0.890. The first-order valence-corrected chi connectivity index (χ1v) is 5.51. The molecule has 0 radical (unpaired) electrons. The fourth-order valence-corrected chi connectivity index (χ4v) is 1.74. The normalized spacial score (nSPS) is 13.2. The van der Waals surface area contributed by atoms with E-state index in [1.165, 1.54) is 5.56 Å². The Balaban J connectivity index is 2.82. The molecular weight excluding hydrogens is 240 g/mol. The molecule has 0 amide bonds. The molecule has 78 valence electrons. The van der Waals surface area contributed by atoms with Crippen LogP contribution in [0.2, 0.25) is 0 Å². The van der Waals surface area contributed by atoms with Gasteiger partial charge in [-0.05, 0) is 38.8 Å². The maximum atomic E-state index is 3.44. The third kappa shape index (κ3) is 3.08. The molecule has 2 nitrogen and oxygen atoms in total. The van der Waals surface area contributed by atoms with Crippen molar-refractivity contribution in [3.05, 3.63) is 34.3 Å². The second-order valence-electron chi connectivity index (χ2n) is 3.59. The summed E-state index contributed by atoms with van der Waals surface area (Å²) in [4.78, 5) is 2.22. The highest BCUT2D eigenvalue weighted by Gasteiger charge is 2.12. The van der Waals surface area contributed by atoms with Gasteiger partial charge < -0.3 is 10.2 Å². The van der Waals surface area contributed by atoms with Gasteiger partial charge in [-0.3, -0.25) is 0 Å². The highest BCUT2D eigenvalue weighted by molar-refractivity contribution is 9.10. The van der Waals surface area contributed by atoms with E-state index in [1.807, 2.05) is 7.05 Å². The molecule has 1 rings (SSSR count). The standard InChI is InChI=1S/C11H17BrN2/c1-13-8-11(14(2)3)9-4-6-10(12)7-5-9/h4-7,11,13H,8H2,1-3H3. The molecule has 0 aromatic heterocycles. The summed E-state index contributed by atoms with van der Waals surface area (Å²) in [5.41, 5.74) is 1.34. The summed E-state index contributed by atoms with van der Waals surface area (Å²) in [6, 6.07) is 8.93. The second-order valence-corrected chi connectivity index (χ2v) is 4.50. The van der Waals surface area contributed by atoms with Gasteiger partial charge >= 0.3 is 0 Å². The third-order valence-corrected chi connectivity index (χ3v) is 2.80. The van der Waals surface area contributed by atoms with Gasteiger partial charge in [-0.25, -0.2) is 0 Å². The first kappa shape index (κ1) is 11.7. The van der Waals surface area contributed by atoms with E-state index in [4.69, 9.17) is 0 Å². The molecule has 0 aliphatic heterocycles. The van der Waals surface area contributed by atoms with Crippen molar-refractivity contribution in [3.8, 4) is 0 Å². The van der Waals surface area contributed by atoms with Gasteiger partial charge in [0.1, 0.15) is 0 Å². The zero-order valence-corrected chi connectivity index (χ0v) is 10.5. The van der Waals surface area contributed by atoms with E-state index in [9.17, 15) is 0 Å². The lowest BCUT2D eigenvalue weighted by Gasteiger charge is -2.24. The summed E-state index contributed by atoms with van der Waals surface area (Å²) in [5.74, 6) is 0. The Kier molecular flexibility index (Phi) is 4.58. The molecule has 0 aliphatic carbocycles. The summed E-state index contributed by atoms with van der Waals surface area (Å²) in [6.45, 7) is 0.967. The van der Waals surface area contributed by atoms with Crippen LogP contribution in [0.4, 0.5) is 0 Å². The number of hydrogen-bond acceptors (Lipinski definition) is 2. The Bertz CT molecular complexity index is 269. The summed E-state index contributed by atoms with van der Waals surface area (Å²) >= 11 is 3.44. The van der Waals surface area contributed by atoms with E-state index >= 15 is 0 Å². The van der Waals surface area contributed by atoms with Crippen LogP contribution in [-0.2, 0) is 0 Å². The van der Waals surface area contributed by atoms with Gasteiger partial charge in [0.15, 0.2) is 0 Å². The van der Waals surface area contributed by atoms with Crippen molar-refractivity contribution in [1.82, 2.24) is 10.2 Å². The van der Waals surface area contributed by atoms with Crippen molar-refractivity contribution in [2.24, 2.45) is 0 Å². The molecule has 1 N–H and O–H groups in total. The fourth-order valence-electron chi connectivity index (χ4n) is 1.48. The largest absolute Gasteiger partial charge is 0.318 e. The van der Waals surface area contributed by atoms with Crippen molar-refractivity contribution in [3.63, 3.8) is 0 Å². The summed E-state index contributed by atoms with van der Waals surface area (Å²) in [6.07, 6.45) is 0. The van der Waals surface area contributed by atoms with Crippen molar-refractivity contribution in [1.29, 1.82) is 0 Å². The van der Waals surface area contributed by atoms with Crippen molar-refractivity contribution < 1.29 is 0 Å². The highest BCUT2D eigenvalue weighted by atomic mass is 79.9. The Hall–Kier alpha value is -0.380. The van der Waals surface area contributed by atoms with E-state index < -0.39 is 0 Å².